The van der Waals surface area contributed by atoms with Gasteiger partial charge in [-0.05, 0) is 26.2 Å². The molecule has 12 heteroatoms. The monoisotopic (exact) mass is 416 g/mol. The smallest absolute Gasteiger partial charge is 0.260 e. The standard InChI is InChI=1S/C16H24N4O7S/c1-10(22)8-11(9-21)17-15(24)13-4-3-7-19-14(23)6-5-12(16(25)20(13)19)18-28(2,26)27/h9,11-13,18H,3-8H2,1-2H3,(H,17,24)/t11-,12-,13-/m0/s1. The maximum absolute atomic E-state index is 13.0. The zero-order valence-corrected chi connectivity index (χ0v) is 16.5. The fraction of sp³-hybridized carbons (Fsp3) is 0.688. The first-order valence-corrected chi connectivity index (χ1v) is 10.8. The van der Waals surface area contributed by atoms with E-state index in [1.807, 2.05) is 0 Å². The molecule has 0 aromatic rings. The molecule has 3 atom stereocenters. The van der Waals surface area contributed by atoms with Gasteiger partial charge >= 0.3 is 0 Å². The predicted molar refractivity (Wildman–Crippen MR) is 95.9 cm³/mol. The number of sulfonamides is 1. The molecule has 0 saturated carbocycles. The second-order valence-corrected chi connectivity index (χ2v) is 8.78. The normalized spacial score (nSPS) is 24.2. The van der Waals surface area contributed by atoms with E-state index >= 15 is 0 Å². The highest BCUT2D eigenvalue weighted by molar-refractivity contribution is 7.88. The molecule has 2 fully saturated rings. The van der Waals surface area contributed by atoms with Crippen molar-refractivity contribution in [1.29, 1.82) is 0 Å². The SMILES string of the molecule is CC(=O)C[C@@H](C=O)NC(=O)[C@@H]1CCCN2C(=O)CC[C@H](NS(C)(=O)=O)C(=O)N12. The van der Waals surface area contributed by atoms with Crippen LogP contribution in [0.3, 0.4) is 0 Å². The van der Waals surface area contributed by atoms with Crippen LogP contribution >= 0.6 is 0 Å². The molecule has 156 valence electrons. The van der Waals surface area contributed by atoms with Gasteiger partial charge in [0.2, 0.25) is 21.8 Å². The molecule has 0 spiro atoms. The number of nitrogens with zero attached hydrogens (tertiary/aromatic N) is 2. The number of ketones is 1. The van der Waals surface area contributed by atoms with Gasteiger partial charge in [-0.15, -0.1) is 0 Å². The molecule has 2 N–H and O–H groups in total. The molecular formula is C16H24N4O7S. The Morgan fingerprint density at radius 3 is 2.54 bits per heavy atom. The predicted octanol–water partition coefficient (Wildman–Crippen LogP) is -1.90. The van der Waals surface area contributed by atoms with E-state index in [1.165, 1.54) is 11.9 Å². The Bertz CT molecular complexity index is 782. The molecule has 3 amide bonds. The van der Waals surface area contributed by atoms with Crippen molar-refractivity contribution in [3.63, 3.8) is 0 Å². The van der Waals surface area contributed by atoms with E-state index in [1.54, 1.807) is 0 Å². The summed E-state index contributed by atoms with van der Waals surface area (Å²) in [6.45, 7) is 1.51. The van der Waals surface area contributed by atoms with Gasteiger partial charge in [-0.2, -0.15) is 0 Å². The van der Waals surface area contributed by atoms with Crippen LogP contribution in [0.4, 0.5) is 0 Å². The maximum Gasteiger partial charge on any atom is 0.260 e. The van der Waals surface area contributed by atoms with E-state index in [0.717, 1.165) is 11.3 Å². The first-order chi connectivity index (χ1) is 13.0. The van der Waals surface area contributed by atoms with Gasteiger partial charge in [-0.3, -0.25) is 24.2 Å². The van der Waals surface area contributed by atoms with Gasteiger partial charge < -0.3 is 10.1 Å². The van der Waals surface area contributed by atoms with Crippen LogP contribution in [-0.2, 0) is 34.0 Å². The van der Waals surface area contributed by atoms with Crippen molar-refractivity contribution >= 4 is 39.8 Å². The van der Waals surface area contributed by atoms with E-state index in [9.17, 15) is 32.4 Å². The van der Waals surface area contributed by atoms with Gasteiger partial charge in [0.05, 0.1) is 12.3 Å². The van der Waals surface area contributed by atoms with Gasteiger partial charge in [0, 0.05) is 19.4 Å². The zero-order chi connectivity index (χ0) is 21.1. The van der Waals surface area contributed by atoms with Crippen LogP contribution in [0.5, 0.6) is 0 Å². The number of hydrazine groups is 1. The molecule has 0 aromatic heterocycles. The van der Waals surface area contributed by atoms with Gasteiger partial charge in [-0.1, -0.05) is 0 Å². The third kappa shape index (κ3) is 5.35. The summed E-state index contributed by atoms with van der Waals surface area (Å²) in [5.41, 5.74) is 0. The van der Waals surface area contributed by atoms with Crippen molar-refractivity contribution in [1.82, 2.24) is 20.1 Å². The third-order valence-corrected chi connectivity index (χ3v) is 5.23. The maximum atomic E-state index is 13.0. The highest BCUT2D eigenvalue weighted by atomic mass is 32.2. The molecule has 2 saturated heterocycles. The van der Waals surface area contributed by atoms with E-state index < -0.39 is 40.0 Å². The lowest BCUT2D eigenvalue weighted by atomic mass is 10.0. The number of fused-ring (bicyclic) bond motifs is 1. The minimum absolute atomic E-state index is 0.0205. The lowest BCUT2D eigenvalue weighted by Crippen LogP contribution is -2.64. The largest absolute Gasteiger partial charge is 0.344 e. The summed E-state index contributed by atoms with van der Waals surface area (Å²) >= 11 is 0. The van der Waals surface area contributed by atoms with Crippen molar-refractivity contribution in [3.05, 3.63) is 0 Å². The number of hydrogen-bond donors (Lipinski definition) is 2. The molecular weight excluding hydrogens is 392 g/mol. The van der Waals surface area contributed by atoms with Crippen LogP contribution in [0.15, 0.2) is 0 Å². The lowest BCUT2D eigenvalue weighted by molar-refractivity contribution is -0.176. The van der Waals surface area contributed by atoms with E-state index in [0.29, 0.717) is 12.7 Å². The Balaban J connectivity index is 2.28. The minimum atomic E-state index is -3.71. The first kappa shape index (κ1) is 22.0. The second-order valence-electron chi connectivity index (χ2n) is 7.00. The number of amides is 3. The Labute approximate surface area is 162 Å². The average Bonchev–Trinajstić information content (AvgIpc) is 2.71. The van der Waals surface area contributed by atoms with Crippen LogP contribution in [0.25, 0.3) is 0 Å². The second kappa shape index (κ2) is 8.78. The zero-order valence-electron chi connectivity index (χ0n) is 15.7. The van der Waals surface area contributed by atoms with Crippen molar-refractivity contribution in [2.24, 2.45) is 0 Å². The van der Waals surface area contributed by atoms with Gasteiger partial charge in [0.25, 0.3) is 5.91 Å². The summed E-state index contributed by atoms with van der Waals surface area (Å²) in [6.07, 6.45) is 1.77. The fourth-order valence-electron chi connectivity index (χ4n) is 3.36. The number of carbonyl (C=O) groups excluding carboxylic acids is 5. The minimum Gasteiger partial charge on any atom is -0.344 e. The Morgan fingerprint density at radius 2 is 1.96 bits per heavy atom. The average molecular weight is 416 g/mol. The third-order valence-electron chi connectivity index (χ3n) is 4.52. The van der Waals surface area contributed by atoms with E-state index in [-0.39, 0.29) is 43.9 Å². The van der Waals surface area contributed by atoms with E-state index in [4.69, 9.17) is 0 Å². The first-order valence-electron chi connectivity index (χ1n) is 8.89. The molecule has 2 rings (SSSR count). The van der Waals surface area contributed by atoms with Gasteiger partial charge in [0.15, 0.2) is 0 Å². The van der Waals surface area contributed by atoms with Gasteiger partial charge in [0.1, 0.15) is 24.2 Å². The topological polar surface area (TPSA) is 150 Å². The van der Waals surface area contributed by atoms with Crippen molar-refractivity contribution in [2.75, 3.05) is 12.8 Å². The molecule has 0 unspecified atom stereocenters. The molecule has 0 radical (unpaired) electrons. The number of nitrogens with one attached hydrogen (secondary N) is 2. The Hall–Kier alpha value is -2.34. The number of hydrogen-bond acceptors (Lipinski definition) is 7. The number of rotatable bonds is 7. The Kier molecular flexibility index (Phi) is 6.88. The van der Waals surface area contributed by atoms with Crippen molar-refractivity contribution < 1.29 is 32.4 Å². The highest BCUT2D eigenvalue weighted by Crippen LogP contribution is 2.25. The summed E-state index contributed by atoms with van der Waals surface area (Å²) in [6, 6.07) is -3.29. The number of aldehydes is 1. The molecule has 0 aliphatic carbocycles. The molecule has 2 aliphatic rings. The highest BCUT2D eigenvalue weighted by Gasteiger charge is 2.45. The quantitative estimate of drug-likeness (QED) is 0.460. The summed E-state index contributed by atoms with van der Waals surface area (Å²) in [5.74, 6) is -2.06. The van der Waals surface area contributed by atoms with Crippen molar-refractivity contribution in [3.8, 4) is 0 Å². The summed E-state index contributed by atoms with van der Waals surface area (Å²) in [7, 11) is -3.71. The molecule has 2 heterocycles. The summed E-state index contributed by atoms with van der Waals surface area (Å²) in [5, 5.41) is 4.58. The summed E-state index contributed by atoms with van der Waals surface area (Å²) in [4.78, 5) is 60.4. The fourth-order valence-corrected chi connectivity index (χ4v) is 4.10. The number of Topliss-reactive ketones (excluding diaryl/α,β-unsaturated/α-hetero) is 1. The Morgan fingerprint density at radius 1 is 1.29 bits per heavy atom. The van der Waals surface area contributed by atoms with Gasteiger partial charge in [-0.25, -0.2) is 18.1 Å². The van der Waals surface area contributed by atoms with E-state index in [2.05, 4.69) is 10.0 Å². The molecule has 11 nitrogen and oxygen atoms in total. The van der Waals surface area contributed by atoms with Crippen LogP contribution in [-0.4, -0.2) is 79.2 Å². The molecule has 0 bridgehead atoms. The lowest BCUT2D eigenvalue weighted by Gasteiger charge is -2.43. The van der Waals surface area contributed by atoms with Crippen LogP contribution in [0.1, 0.15) is 39.0 Å². The van der Waals surface area contributed by atoms with Crippen LogP contribution in [0, 0.1) is 0 Å². The molecule has 28 heavy (non-hydrogen) atoms. The molecule has 2 aliphatic heterocycles. The number of carbonyl (C=O) groups is 5. The van der Waals surface area contributed by atoms with Crippen LogP contribution in [0.2, 0.25) is 0 Å². The summed E-state index contributed by atoms with van der Waals surface area (Å²) < 4.78 is 25.4. The molecule has 0 aromatic carbocycles. The van der Waals surface area contributed by atoms with Crippen LogP contribution < -0.4 is 10.0 Å². The van der Waals surface area contributed by atoms with Crippen molar-refractivity contribution in [2.45, 2.75) is 57.2 Å².